The molecule has 0 bridgehead atoms. The summed E-state index contributed by atoms with van der Waals surface area (Å²) in [5.74, 6) is 0. The standard InChI is InChI=1S/C5H8BrNO2/c1-4(6)5(9,2-7)3-8/h4,8-9H,3H2,1H3/t4-,5+/m0/s1. The zero-order valence-corrected chi connectivity index (χ0v) is 6.59. The molecule has 0 aromatic carbocycles. The molecule has 52 valence electrons. The third-order valence-corrected chi connectivity index (χ3v) is 1.85. The highest BCUT2D eigenvalue weighted by molar-refractivity contribution is 9.09. The second-order valence-corrected chi connectivity index (χ2v) is 3.18. The van der Waals surface area contributed by atoms with Gasteiger partial charge in [-0.15, -0.1) is 0 Å². The minimum atomic E-state index is -1.64. The van der Waals surface area contributed by atoms with Gasteiger partial charge in [0.1, 0.15) is 6.07 Å². The Hall–Kier alpha value is -0.110. The van der Waals surface area contributed by atoms with E-state index in [-0.39, 0.29) is 0 Å². The van der Waals surface area contributed by atoms with Crippen LogP contribution in [-0.4, -0.2) is 27.2 Å². The number of nitriles is 1. The lowest BCUT2D eigenvalue weighted by molar-refractivity contribution is 0.0372. The summed E-state index contributed by atoms with van der Waals surface area (Å²) in [5.41, 5.74) is -1.64. The van der Waals surface area contributed by atoms with Crippen LogP contribution >= 0.6 is 15.9 Å². The molecular formula is C5H8BrNO2. The average Bonchev–Trinajstić information content (AvgIpc) is 1.86. The van der Waals surface area contributed by atoms with Gasteiger partial charge in [0.05, 0.1) is 11.4 Å². The number of nitrogens with zero attached hydrogens (tertiary/aromatic N) is 1. The first-order valence-electron chi connectivity index (χ1n) is 2.45. The number of hydrogen-bond donors (Lipinski definition) is 2. The van der Waals surface area contributed by atoms with Gasteiger partial charge in [-0.05, 0) is 6.92 Å². The third-order valence-electron chi connectivity index (χ3n) is 1.09. The molecule has 0 saturated carbocycles. The van der Waals surface area contributed by atoms with Crippen molar-refractivity contribution in [1.29, 1.82) is 5.26 Å². The Kier molecular flexibility index (Phi) is 3.12. The average molecular weight is 194 g/mol. The van der Waals surface area contributed by atoms with E-state index in [1.165, 1.54) is 0 Å². The van der Waals surface area contributed by atoms with Gasteiger partial charge in [-0.2, -0.15) is 5.26 Å². The molecule has 4 heteroatoms. The van der Waals surface area contributed by atoms with Crippen LogP contribution in [0.25, 0.3) is 0 Å². The van der Waals surface area contributed by atoms with E-state index >= 15 is 0 Å². The molecule has 0 unspecified atom stereocenters. The molecule has 0 heterocycles. The summed E-state index contributed by atoms with van der Waals surface area (Å²) in [7, 11) is 0. The summed E-state index contributed by atoms with van der Waals surface area (Å²) in [6, 6.07) is 1.59. The Labute approximate surface area is 62.0 Å². The second-order valence-electron chi connectivity index (χ2n) is 1.81. The normalized spacial score (nSPS) is 19.9. The van der Waals surface area contributed by atoms with Gasteiger partial charge in [0.25, 0.3) is 0 Å². The lowest BCUT2D eigenvalue weighted by atomic mass is 10.1. The van der Waals surface area contributed by atoms with Gasteiger partial charge in [0.2, 0.25) is 0 Å². The summed E-state index contributed by atoms with van der Waals surface area (Å²) < 4.78 is 0. The highest BCUT2D eigenvalue weighted by atomic mass is 79.9. The van der Waals surface area contributed by atoms with Crippen molar-refractivity contribution in [3.63, 3.8) is 0 Å². The van der Waals surface area contributed by atoms with Crippen LogP contribution in [0.4, 0.5) is 0 Å². The second kappa shape index (κ2) is 3.16. The van der Waals surface area contributed by atoms with E-state index in [0.717, 1.165) is 0 Å². The van der Waals surface area contributed by atoms with Crippen LogP contribution in [0.15, 0.2) is 0 Å². The maximum atomic E-state index is 9.05. The van der Waals surface area contributed by atoms with Gasteiger partial charge >= 0.3 is 0 Å². The number of halogens is 1. The monoisotopic (exact) mass is 193 g/mol. The predicted molar refractivity (Wildman–Crippen MR) is 36.0 cm³/mol. The summed E-state index contributed by atoms with van der Waals surface area (Å²) in [6.45, 7) is 1.05. The first-order valence-corrected chi connectivity index (χ1v) is 3.37. The molecule has 0 aliphatic carbocycles. The minimum Gasteiger partial charge on any atom is -0.392 e. The molecular weight excluding hydrogens is 186 g/mol. The van der Waals surface area contributed by atoms with E-state index in [1.54, 1.807) is 13.0 Å². The summed E-state index contributed by atoms with van der Waals surface area (Å²) >= 11 is 2.98. The van der Waals surface area contributed by atoms with Crippen LogP contribution in [-0.2, 0) is 0 Å². The van der Waals surface area contributed by atoms with Crippen LogP contribution in [0.2, 0.25) is 0 Å². The maximum Gasteiger partial charge on any atom is 0.186 e. The number of alkyl halides is 1. The van der Waals surface area contributed by atoms with E-state index < -0.39 is 17.0 Å². The van der Waals surface area contributed by atoms with Gasteiger partial charge < -0.3 is 10.2 Å². The van der Waals surface area contributed by atoms with Gasteiger partial charge in [-0.25, -0.2) is 0 Å². The van der Waals surface area contributed by atoms with Crippen LogP contribution in [0.1, 0.15) is 6.92 Å². The lowest BCUT2D eigenvalue weighted by Crippen LogP contribution is -2.39. The molecule has 0 aliphatic rings. The molecule has 9 heavy (non-hydrogen) atoms. The largest absolute Gasteiger partial charge is 0.392 e. The van der Waals surface area contributed by atoms with Crippen molar-refractivity contribution in [1.82, 2.24) is 0 Å². The van der Waals surface area contributed by atoms with Crippen molar-refractivity contribution in [3.05, 3.63) is 0 Å². The first-order chi connectivity index (χ1) is 4.06. The van der Waals surface area contributed by atoms with Crippen molar-refractivity contribution < 1.29 is 10.2 Å². The van der Waals surface area contributed by atoms with Crippen LogP contribution < -0.4 is 0 Å². The van der Waals surface area contributed by atoms with Crippen molar-refractivity contribution in [3.8, 4) is 6.07 Å². The third kappa shape index (κ3) is 1.94. The summed E-state index contributed by atoms with van der Waals surface area (Å²) in [4.78, 5) is -0.417. The number of rotatable bonds is 2. The Morgan fingerprint density at radius 2 is 2.33 bits per heavy atom. The summed E-state index contributed by atoms with van der Waals surface area (Å²) in [5, 5.41) is 25.8. The highest BCUT2D eigenvalue weighted by Crippen LogP contribution is 2.15. The molecule has 0 radical (unpaired) electrons. The fourth-order valence-electron chi connectivity index (χ4n) is 0.250. The molecule has 0 aliphatic heterocycles. The lowest BCUT2D eigenvalue weighted by Gasteiger charge is -2.19. The molecule has 0 aromatic rings. The van der Waals surface area contributed by atoms with E-state index in [1.807, 2.05) is 0 Å². The minimum absolute atomic E-state index is 0.417. The number of hydrogen-bond acceptors (Lipinski definition) is 3. The van der Waals surface area contributed by atoms with Crippen LogP contribution in [0, 0.1) is 11.3 Å². The molecule has 0 saturated heterocycles. The zero-order chi connectivity index (χ0) is 7.49. The van der Waals surface area contributed by atoms with Gasteiger partial charge in [0.15, 0.2) is 5.60 Å². The van der Waals surface area contributed by atoms with Crippen LogP contribution in [0.3, 0.4) is 0 Å². The first kappa shape index (κ1) is 8.89. The fourth-order valence-corrected chi connectivity index (χ4v) is 0.497. The summed E-state index contributed by atoms with van der Waals surface area (Å²) in [6.07, 6.45) is 0. The molecule has 0 spiro atoms. The van der Waals surface area contributed by atoms with Gasteiger partial charge in [-0.3, -0.25) is 0 Å². The fraction of sp³-hybridized carbons (Fsp3) is 0.800. The number of aliphatic hydroxyl groups is 2. The Bertz CT molecular complexity index is 131. The van der Waals surface area contributed by atoms with Crippen LogP contribution in [0.5, 0.6) is 0 Å². The van der Waals surface area contributed by atoms with Gasteiger partial charge in [-0.1, -0.05) is 15.9 Å². The smallest absolute Gasteiger partial charge is 0.186 e. The van der Waals surface area contributed by atoms with Crippen molar-refractivity contribution in [2.75, 3.05) is 6.61 Å². The van der Waals surface area contributed by atoms with Crippen molar-refractivity contribution in [2.24, 2.45) is 0 Å². The Morgan fingerprint density at radius 3 is 2.33 bits per heavy atom. The van der Waals surface area contributed by atoms with E-state index in [2.05, 4.69) is 15.9 Å². The molecule has 2 N–H and O–H groups in total. The van der Waals surface area contributed by atoms with E-state index in [0.29, 0.717) is 0 Å². The van der Waals surface area contributed by atoms with Gasteiger partial charge in [0, 0.05) is 0 Å². The molecule has 0 aromatic heterocycles. The molecule has 0 amide bonds. The molecule has 2 atom stereocenters. The molecule has 0 rings (SSSR count). The molecule has 0 fully saturated rings. The maximum absolute atomic E-state index is 9.05. The molecule has 3 nitrogen and oxygen atoms in total. The highest BCUT2D eigenvalue weighted by Gasteiger charge is 2.30. The van der Waals surface area contributed by atoms with E-state index in [4.69, 9.17) is 15.5 Å². The zero-order valence-electron chi connectivity index (χ0n) is 5.00. The topological polar surface area (TPSA) is 64.2 Å². The SMILES string of the molecule is C[C@H](Br)[C@@](O)(C#N)CO. The Morgan fingerprint density at radius 1 is 1.89 bits per heavy atom. The predicted octanol–water partition coefficient (Wildman–Crippen LogP) is 0.0168. The quantitative estimate of drug-likeness (QED) is 0.481. The Balaban J connectivity index is 4.14. The number of aliphatic hydroxyl groups excluding tert-OH is 1. The van der Waals surface area contributed by atoms with Crippen molar-refractivity contribution >= 4 is 15.9 Å². The van der Waals surface area contributed by atoms with Crippen molar-refractivity contribution in [2.45, 2.75) is 17.4 Å². The van der Waals surface area contributed by atoms with E-state index in [9.17, 15) is 0 Å².